The van der Waals surface area contributed by atoms with Crippen LogP contribution in [0.2, 0.25) is 5.02 Å². The maximum Gasteiger partial charge on any atom is 0.231 e. The summed E-state index contributed by atoms with van der Waals surface area (Å²) in [7, 11) is 0. The SMILES string of the molecule is Clc1cc2c(cc1CN(CCc1ccccc1)Cc1ccncc1)OCO2. The molecule has 0 spiro atoms. The number of halogens is 1. The van der Waals surface area contributed by atoms with Crippen molar-refractivity contribution in [1.82, 2.24) is 9.88 Å². The minimum absolute atomic E-state index is 0.254. The zero-order valence-electron chi connectivity index (χ0n) is 15.0. The molecule has 0 amide bonds. The molecular formula is C22H21ClN2O2. The summed E-state index contributed by atoms with van der Waals surface area (Å²) < 4.78 is 10.9. The van der Waals surface area contributed by atoms with Crippen LogP contribution in [-0.4, -0.2) is 23.2 Å². The van der Waals surface area contributed by atoms with E-state index in [1.54, 1.807) is 0 Å². The van der Waals surface area contributed by atoms with Crippen molar-refractivity contribution in [3.8, 4) is 11.5 Å². The lowest BCUT2D eigenvalue weighted by Crippen LogP contribution is -2.25. The van der Waals surface area contributed by atoms with E-state index in [1.165, 1.54) is 11.1 Å². The van der Waals surface area contributed by atoms with Crippen molar-refractivity contribution < 1.29 is 9.47 Å². The van der Waals surface area contributed by atoms with Crippen LogP contribution in [0.15, 0.2) is 67.0 Å². The lowest BCUT2D eigenvalue weighted by atomic mass is 10.1. The van der Waals surface area contributed by atoms with Gasteiger partial charge in [-0.3, -0.25) is 9.88 Å². The van der Waals surface area contributed by atoms with Gasteiger partial charge in [-0.15, -0.1) is 0 Å². The van der Waals surface area contributed by atoms with Crippen LogP contribution >= 0.6 is 11.6 Å². The Labute approximate surface area is 164 Å². The van der Waals surface area contributed by atoms with E-state index in [0.717, 1.165) is 37.4 Å². The molecule has 0 aliphatic carbocycles. The molecule has 0 saturated heterocycles. The third-order valence-electron chi connectivity index (χ3n) is 4.65. The summed E-state index contributed by atoms with van der Waals surface area (Å²) in [6.07, 6.45) is 4.64. The number of aromatic nitrogens is 1. The number of pyridine rings is 1. The molecule has 4 nitrogen and oxygen atoms in total. The van der Waals surface area contributed by atoms with Gasteiger partial charge in [0.1, 0.15) is 0 Å². The molecule has 2 heterocycles. The van der Waals surface area contributed by atoms with Gasteiger partial charge in [-0.05, 0) is 41.3 Å². The van der Waals surface area contributed by atoms with E-state index < -0.39 is 0 Å². The molecule has 1 aliphatic heterocycles. The van der Waals surface area contributed by atoms with Crippen molar-refractivity contribution in [2.45, 2.75) is 19.5 Å². The van der Waals surface area contributed by atoms with Gasteiger partial charge >= 0.3 is 0 Å². The fourth-order valence-electron chi connectivity index (χ4n) is 3.21. The highest BCUT2D eigenvalue weighted by molar-refractivity contribution is 6.31. The molecule has 1 aliphatic rings. The van der Waals surface area contributed by atoms with E-state index in [1.807, 2.05) is 30.6 Å². The zero-order valence-corrected chi connectivity index (χ0v) is 15.7. The molecule has 0 bridgehead atoms. The first-order chi connectivity index (χ1) is 13.3. The maximum absolute atomic E-state index is 6.50. The van der Waals surface area contributed by atoms with Crippen LogP contribution < -0.4 is 9.47 Å². The van der Waals surface area contributed by atoms with Gasteiger partial charge in [-0.1, -0.05) is 41.9 Å². The predicted molar refractivity (Wildman–Crippen MR) is 106 cm³/mol. The lowest BCUT2D eigenvalue weighted by Gasteiger charge is -2.23. The summed E-state index contributed by atoms with van der Waals surface area (Å²) in [5, 5.41) is 0.707. The molecule has 3 aromatic rings. The van der Waals surface area contributed by atoms with Gasteiger partial charge in [-0.25, -0.2) is 0 Å². The molecule has 0 N–H and O–H groups in total. The summed E-state index contributed by atoms with van der Waals surface area (Å²) in [4.78, 5) is 6.51. The van der Waals surface area contributed by atoms with E-state index >= 15 is 0 Å². The van der Waals surface area contributed by atoms with Gasteiger partial charge in [0.05, 0.1) is 0 Å². The van der Waals surface area contributed by atoms with Crippen molar-refractivity contribution in [1.29, 1.82) is 0 Å². The first kappa shape index (κ1) is 17.8. The van der Waals surface area contributed by atoms with Gasteiger partial charge < -0.3 is 9.47 Å². The van der Waals surface area contributed by atoms with Crippen LogP contribution in [0, 0.1) is 0 Å². The Kier molecular flexibility index (Phi) is 5.56. The van der Waals surface area contributed by atoms with Crippen molar-refractivity contribution in [3.05, 3.63) is 88.7 Å². The Hall–Kier alpha value is -2.56. The number of hydrogen-bond acceptors (Lipinski definition) is 4. The Morgan fingerprint density at radius 1 is 0.889 bits per heavy atom. The van der Waals surface area contributed by atoms with Crippen LogP contribution in [0.5, 0.6) is 11.5 Å². The van der Waals surface area contributed by atoms with Gasteiger partial charge in [0.15, 0.2) is 11.5 Å². The smallest absolute Gasteiger partial charge is 0.231 e. The van der Waals surface area contributed by atoms with Crippen LogP contribution in [0.3, 0.4) is 0 Å². The monoisotopic (exact) mass is 380 g/mol. The molecule has 4 rings (SSSR count). The Balaban J connectivity index is 1.52. The molecule has 0 fully saturated rings. The topological polar surface area (TPSA) is 34.6 Å². The van der Waals surface area contributed by atoms with Crippen molar-refractivity contribution in [2.75, 3.05) is 13.3 Å². The molecule has 5 heteroatoms. The fourth-order valence-corrected chi connectivity index (χ4v) is 3.43. The van der Waals surface area contributed by atoms with Gasteiger partial charge in [0.25, 0.3) is 0 Å². The summed E-state index contributed by atoms with van der Waals surface area (Å²) in [6.45, 7) is 2.76. The molecule has 138 valence electrons. The van der Waals surface area contributed by atoms with Crippen LogP contribution in [0.4, 0.5) is 0 Å². The Morgan fingerprint density at radius 2 is 1.63 bits per heavy atom. The average molecular weight is 381 g/mol. The van der Waals surface area contributed by atoms with E-state index in [-0.39, 0.29) is 6.79 Å². The molecule has 0 unspecified atom stereocenters. The summed E-state index contributed by atoms with van der Waals surface area (Å²) in [5.74, 6) is 1.48. The van der Waals surface area contributed by atoms with E-state index in [2.05, 4.69) is 46.3 Å². The Morgan fingerprint density at radius 3 is 2.41 bits per heavy atom. The summed E-state index contributed by atoms with van der Waals surface area (Å²) in [5.41, 5.74) is 3.60. The molecule has 0 radical (unpaired) electrons. The maximum atomic E-state index is 6.50. The van der Waals surface area contributed by atoms with Crippen molar-refractivity contribution >= 4 is 11.6 Å². The second-order valence-corrected chi connectivity index (χ2v) is 7.01. The number of rotatable bonds is 7. The molecule has 1 aromatic heterocycles. The van der Waals surface area contributed by atoms with E-state index in [0.29, 0.717) is 10.8 Å². The molecular weight excluding hydrogens is 360 g/mol. The van der Waals surface area contributed by atoms with Crippen molar-refractivity contribution in [2.24, 2.45) is 0 Å². The first-order valence-electron chi connectivity index (χ1n) is 9.01. The molecule has 0 saturated carbocycles. The first-order valence-corrected chi connectivity index (χ1v) is 9.39. The second-order valence-electron chi connectivity index (χ2n) is 6.60. The average Bonchev–Trinajstić information content (AvgIpc) is 3.15. The number of hydrogen-bond donors (Lipinski definition) is 0. The molecule has 27 heavy (non-hydrogen) atoms. The van der Waals surface area contributed by atoms with E-state index in [4.69, 9.17) is 21.1 Å². The standard InChI is InChI=1S/C22H21ClN2O2/c23-20-13-22-21(26-16-27-22)12-19(20)15-25(14-18-6-9-24-10-7-18)11-8-17-4-2-1-3-5-17/h1-7,9-10,12-13H,8,11,14-16H2. The van der Waals surface area contributed by atoms with Gasteiger partial charge in [-0.2, -0.15) is 0 Å². The Bertz CT molecular complexity index is 888. The lowest BCUT2D eigenvalue weighted by molar-refractivity contribution is 0.174. The minimum atomic E-state index is 0.254. The largest absolute Gasteiger partial charge is 0.454 e. The highest BCUT2D eigenvalue weighted by Gasteiger charge is 2.18. The highest BCUT2D eigenvalue weighted by atomic mass is 35.5. The fraction of sp³-hybridized carbons (Fsp3) is 0.227. The van der Waals surface area contributed by atoms with Gasteiger partial charge in [0, 0.05) is 43.1 Å². The van der Waals surface area contributed by atoms with Crippen LogP contribution in [0.25, 0.3) is 0 Å². The number of benzene rings is 2. The van der Waals surface area contributed by atoms with Gasteiger partial charge in [0.2, 0.25) is 6.79 Å². The summed E-state index contributed by atoms with van der Waals surface area (Å²) in [6, 6.07) is 18.5. The normalized spacial score (nSPS) is 12.5. The molecule has 2 aromatic carbocycles. The molecule has 0 atom stereocenters. The van der Waals surface area contributed by atoms with E-state index in [9.17, 15) is 0 Å². The number of ether oxygens (including phenoxy) is 2. The third kappa shape index (κ3) is 4.59. The number of nitrogens with zero attached hydrogens (tertiary/aromatic N) is 2. The second kappa shape index (κ2) is 8.42. The zero-order chi connectivity index (χ0) is 18.5. The third-order valence-corrected chi connectivity index (χ3v) is 5.00. The van der Waals surface area contributed by atoms with Crippen LogP contribution in [0.1, 0.15) is 16.7 Å². The number of fused-ring (bicyclic) bond motifs is 1. The van der Waals surface area contributed by atoms with Crippen molar-refractivity contribution in [3.63, 3.8) is 0 Å². The quantitative estimate of drug-likeness (QED) is 0.594. The highest BCUT2D eigenvalue weighted by Crippen LogP contribution is 2.37. The van der Waals surface area contributed by atoms with Crippen LogP contribution in [-0.2, 0) is 19.5 Å². The predicted octanol–water partition coefficient (Wildman–Crippen LogP) is 4.71. The minimum Gasteiger partial charge on any atom is -0.454 e. The summed E-state index contributed by atoms with van der Waals surface area (Å²) >= 11 is 6.50.